The molecule has 14 heavy (non-hydrogen) atoms. The molecule has 0 bridgehead atoms. The van der Waals surface area contributed by atoms with Crippen LogP contribution in [-0.2, 0) is 14.4 Å². The molecular weight excluding hydrogens is 214 g/mol. The maximum atomic E-state index is 10.7. The Morgan fingerprint density at radius 2 is 1.86 bits per heavy atom. The van der Waals surface area contributed by atoms with Gasteiger partial charge in [-0.2, -0.15) is 0 Å². The topological polar surface area (TPSA) is 104 Å². The molecule has 0 spiro atoms. The first-order chi connectivity index (χ1) is 6.47. The Balaban J connectivity index is 4.09. The number of carbonyl (C=O) groups excluding carboxylic acids is 1. The molecule has 0 rings (SSSR count). The number of amides is 1. The van der Waals surface area contributed by atoms with E-state index in [1.54, 1.807) is 0 Å². The van der Waals surface area contributed by atoms with Crippen molar-refractivity contribution >= 4 is 29.4 Å². The number of carboxylic acid groups (broad SMARTS) is 2. The van der Waals surface area contributed by atoms with Crippen LogP contribution in [0.5, 0.6) is 0 Å². The van der Waals surface area contributed by atoms with E-state index in [9.17, 15) is 14.4 Å². The van der Waals surface area contributed by atoms with Gasteiger partial charge in [-0.05, 0) is 6.42 Å². The normalized spacial score (nSPS) is 11.8. The van der Waals surface area contributed by atoms with E-state index in [1.807, 2.05) is 0 Å². The molecule has 1 atom stereocenters. The van der Waals surface area contributed by atoms with Crippen LogP contribution in [0, 0.1) is 0 Å². The lowest BCUT2D eigenvalue weighted by molar-refractivity contribution is -0.142. The molecule has 0 aromatic carbocycles. The molecular formula is C7H10ClNO5. The predicted octanol–water partition coefficient (Wildman–Crippen LogP) is -0.341. The smallest absolute Gasteiger partial charge is 0.326 e. The van der Waals surface area contributed by atoms with Gasteiger partial charge in [-0.25, -0.2) is 4.79 Å². The molecule has 80 valence electrons. The molecule has 1 unspecified atom stereocenters. The van der Waals surface area contributed by atoms with Crippen molar-refractivity contribution in [2.75, 3.05) is 5.88 Å². The van der Waals surface area contributed by atoms with Gasteiger partial charge in [0.05, 0.1) is 0 Å². The van der Waals surface area contributed by atoms with E-state index in [1.165, 1.54) is 0 Å². The molecule has 6 nitrogen and oxygen atoms in total. The van der Waals surface area contributed by atoms with E-state index < -0.39 is 23.9 Å². The second-order valence-corrected chi connectivity index (χ2v) is 2.79. The maximum Gasteiger partial charge on any atom is 0.326 e. The number of carbonyl (C=O) groups is 3. The number of halogens is 1. The van der Waals surface area contributed by atoms with Crippen LogP contribution < -0.4 is 5.32 Å². The van der Waals surface area contributed by atoms with Gasteiger partial charge >= 0.3 is 11.9 Å². The molecule has 3 N–H and O–H groups in total. The lowest BCUT2D eigenvalue weighted by atomic mass is 10.1. The molecule has 0 saturated heterocycles. The highest BCUT2D eigenvalue weighted by molar-refractivity contribution is 6.27. The van der Waals surface area contributed by atoms with Crippen molar-refractivity contribution in [2.45, 2.75) is 18.9 Å². The summed E-state index contributed by atoms with van der Waals surface area (Å²) in [6.45, 7) is 0. The highest BCUT2D eigenvalue weighted by Gasteiger charge is 2.20. The zero-order valence-electron chi connectivity index (χ0n) is 7.20. The van der Waals surface area contributed by atoms with Gasteiger partial charge in [0.2, 0.25) is 5.91 Å². The Hall–Kier alpha value is -1.30. The molecule has 0 fully saturated rings. The van der Waals surface area contributed by atoms with Gasteiger partial charge in [-0.3, -0.25) is 9.59 Å². The Morgan fingerprint density at radius 1 is 1.29 bits per heavy atom. The van der Waals surface area contributed by atoms with Crippen LogP contribution in [0.15, 0.2) is 0 Å². The summed E-state index contributed by atoms with van der Waals surface area (Å²) >= 11 is 5.14. The number of hydrogen-bond acceptors (Lipinski definition) is 3. The third-order valence-corrected chi connectivity index (χ3v) is 1.64. The van der Waals surface area contributed by atoms with Crippen molar-refractivity contribution in [1.29, 1.82) is 0 Å². The molecule has 0 aliphatic heterocycles. The molecule has 0 heterocycles. The van der Waals surface area contributed by atoms with Crippen molar-refractivity contribution in [3.63, 3.8) is 0 Å². The summed E-state index contributed by atoms with van der Waals surface area (Å²) in [5.41, 5.74) is 0. The largest absolute Gasteiger partial charge is 0.481 e. The summed E-state index contributed by atoms with van der Waals surface area (Å²) in [4.78, 5) is 31.4. The van der Waals surface area contributed by atoms with Crippen LogP contribution in [0.2, 0.25) is 0 Å². The molecule has 7 heteroatoms. The molecule has 0 radical (unpaired) electrons. The van der Waals surface area contributed by atoms with E-state index >= 15 is 0 Å². The van der Waals surface area contributed by atoms with Crippen molar-refractivity contribution in [2.24, 2.45) is 0 Å². The van der Waals surface area contributed by atoms with E-state index in [0.717, 1.165) is 0 Å². The average Bonchev–Trinajstić information content (AvgIpc) is 2.10. The van der Waals surface area contributed by atoms with Gasteiger partial charge < -0.3 is 15.5 Å². The van der Waals surface area contributed by atoms with Gasteiger partial charge in [0.15, 0.2) is 0 Å². The fourth-order valence-electron chi connectivity index (χ4n) is 0.758. The van der Waals surface area contributed by atoms with Crippen LogP contribution in [0.25, 0.3) is 0 Å². The zero-order chi connectivity index (χ0) is 11.1. The average molecular weight is 224 g/mol. The Bertz CT molecular complexity index is 242. The Kier molecular flexibility index (Phi) is 5.62. The van der Waals surface area contributed by atoms with E-state index in [4.69, 9.17) is 21.8 Å². The fraction of sp³-hybridized carbons (Fsp3) is 0.571. The van der Waals surface area contributed by atoms with Gasteiger partial charge in [0, 0.05) is 6.42 Å². The van der Waals surface area contributed by atoms with Crippen molar-refractivity contribution in [3.8, 4) is 0 Å². The van der Waals surface area contributed by atoms with Gasteiger partial charge in [0.25, 0.3) is 0 Å². The monoisotopic (exact) mass is 223 g/mol. The van der Waals surface area contributed by atoms with Crippen molar-refractivity contribution in [3.05, 3.63) is 0 Å². The van der Waals surface area contributed by atoms with Gasteiger partial charge in [0.1, 0.15) is 11.9 Å². The summed E-state index contributed by atoms with van der Waals surface area (Å²) in [6.07, 6.45) is -0.479. The quantitative estimate of drug-likeness (QED) is 0.535. The molecule has 0 aliphatic rings. The van der Waals surface area contributed by atoms with Crippen LogP contribution >= 0.6 is 11.6 Å². The molecule has 0 aromatic rings. The second-order valence-electron chi connectivity index (χ2n) is 2.52. The third-order valence-electron chi connectivity index (χ3n) is 1.40. The second kappa shape index (κ2) is 6.20. The minimum atomic E-state index is -1.27. The van der Waals surface area contributed by atoms with Gasteiger partial charge in [-0.15, -0.1) is 11.6 Å². The molecule has 0 aromatic heterocycles. The lowest BCUT2D eigenvalue weighted by Gasteiger charge is -2.11. The van der Waals surface area contributed by atoms with E-state index in [2.05, 4.69) is 5.32 Å². The number of carboxylic acids is 2. The predicted molar refractivity (Wildman–Crippen MR) is 47.2 cm³/mol. The first-order valence-electron chi connectivity index (χ1n) is 3.77. The van der Waals surface area contributed by atoms with Crippen LogP contribution in [0.1, 0.15) is 12.8 Å². The summed E-state index contributed by atoms with van der Waals surface area (Å²) in [5, 5.41) is 19.0. The minimum absolute atomic E-state index is 0.159. The molecule has 0 aliphatic carbocycles. The summed E-state index contributed by atoms with van der Waals surface area (Å²) in [5.74, 6) is -3.37. The molecule has 1 amide bonds. The number of aliphatic carboxylic acids is 2. The van der Waals surface area contributed by atoms with Crippen molar-refractivity contribution < 1.29 is 24.6 Å². The third kappa shape index (κ3) is 5.36. The number of nitrogens with one attached hydrogen (secondary N) is 1. The number of alkyl halides is 1. The van der Waals surface area contributed by atoms with Crippen LogP contribution in [0.3, 0.4) is 0 Å². The Labute approximate surface area is 84.9 Å². The van der Waals surface area contributed by atoms with Crippen LogP contribution in [0.4, 0.5) is 0 Å². The minimum Gasteiger partial charge on any atom is -0.481 e. The van der Waals surface area contributed by atoms with E-state index in [0.29, 0.717) is 0 Å². The first-order valence-corrected chi connectivity index (χ1v) is 4.30. The fourth-order valence-corrected chi connectivity index (χ4v) is 0.835. The highest BCUT2D eigenvalue weighted by atomic mass is 35.5. The lowest BCUT2D eigenvalue weighted by Crippen LogP contribution is -2.41. The molecule has 0 saturated carbocycles. The standard InChI is InChI=1S/C7H10ClNO5/c8-3-5(10)9-4(7(13)14)1-2-6(11)12/h4H,1-3H2,(H,9,10)(H,11,12)(H,13,14). The van der Waals surface area contributed by atoms with Crippen molar-refractivity contribution in [1.82, 2.24) is 5.32 Å². The zero-order valence-corrected chi connectivity index (χ0v) is 7.95. The van der Waals surface area contributed by atoms with Gasteiger partial charge in [-0.1, -0.05) is 0 Å². The number of rotatable bonds is 6. The highest BCUT2D eigenvalue weighted by Crippen LogP contribution is 1.98. The number of hydrogen-bond donors (Lipinski definition) is 3. The summed E-state index contributed by atoms with van der Waals surface area (Å²) in [7, 11) is 0. The van der Waals surface area contributed by atoms with E-state index in [-0.39, 0.29) is 18.7 Å². The Morgan fingerprint density at radius 3 is 2.21 bits per heavy atom. The summed E-state index contributed by atoms with van der Waals surface area (Å²) < 4.78 is 0. The first kappa shape index (κ1) is 12.7. The van der Waals surface area contributed by atoms with Crippen LogP contribution in [-0.4, -0.2) is 40.0 Å². The SMILES string of the molecule is O=C(O)CCC(NC(=O)CCl)C(=O)O. The summed E-state index contributed by atoms with van der Waals surface area (Å²) in [6, 6.07) is -1.20. The maximum absolute atomic E-state index is 10.7.